The van der Waals surface area contributed by atoms with E-state index in [0.717, 1.165) is 6.42 Å². The largest absolute Gasteiger partial charge is 0.497 e. The van der Waals surface area contributed by atoms with Gasteiger partial charge in [0.05, 0.1) is 38.0 Å². The molecule has 7 nitrogen and oxygen atoms in total. The third kappa shape index (κ3) is 4.07. The van der Waals surface area contributed by atoms with Crippen LogP contribution in [0, 0.1) is 0 Å². The lowest BCUT2D eigenvalue weighted by atomic mass is 9.80. The van der Waals surface area contributed by atoms with Crippen molar-refractivity contribution in [3.05, 3.63) is 46.8 Å². The molecular formula is C20H27N3O4. The Morgan fingerprint density at radius 1 is 1.26 bits per heavy atom. The van der Waals surface area contributed by atoms with Crippen molar-refractivity contribution in [1.82, 2.24) is 0 Å². The molecule has 0 fully saturated rings. The Bertz CT molecular complexity index is 796. The van der Waals surface area contributed by atoms with E-state index in [2.05, 4.69) is 4.99 Å². The van der Waals surface area contributed by atoms with E-state index in [1.165, 1.54) is 6.20 Å². The molecule has 7 heteroatoms. The number of amidine groups is 1. The van der Waals surface area contributed by atoms with Gasteiger partial charge in [-0.05, 0) is 31.5 Å². The van der Waals surface area contributed by atoms with Crippen molar-refractivity contribution in [3.8, 4) is 11.5 Å². The molecule has 4 N–H and O–H groups in total. The predicted octanol–water partition coefficient (Wildman–Crippen LogP) is 2.62. The van der Waals surface area contributed by atoms with Crippen LogP contribution in [0.4, 0.5) is 0 Å². The van der Waals surface area contributed by atoms with Gasteiger partial charge in [-0.1, -0.05) is 13.3 Å². The normalized spacial score (nSPS) is 18.3. The number of carbonyl (C=O) groups excluding carboxylic acids is 1. The highest BCUT2D eigenvalue weighted by Gasteiger charge is 2.36. The monoisotopic (exact) mass is 373 g/mol. The van der Waals surface area contributed by atoms with E-state index in [-0.39, 0.29) is 12.4 Å². The fourth-order valence-corrected chi connectivity index (χ4v) is 3.18. The highest BCUT2D eigenvalue weighted by atomic mass is 16.5. The summed E-state index contributed by atoms with van der Waals surface area (Å²) in [5, 5.41) is 0. The van der Waals surface area contributed by atoms with Gasteiger partial charge in [0.25, 0.3) is 0 Å². The van der Waals surface area contributed by atoms with Crippen LogP contribution in [0.2, 0.25) is 0 Å². The van der Waals surface area contributed by atoms with Crippen LogP contribution in [-0.2, 0) is 9.53 Å². The Hall–Kier alpha value is -2.96. The summed E-state index contributed by atoms with van der Waals surface area (Å²) in [5.74, 6) is 0.504. The topological polar surface area (TPSA) is 109 Å². The van der Waals surface area contributed by atoms with Crippen LogP contribution >= 0.6 is 0 Å². The van der Waals surface area contributed by atoms with E-state index >= 15 is 0 Å². The SMILES string of the molecule is CCCC1=C(C(=O)OCC)C(c2cc(OC)ccc2OC)/C(=C/N)C(N)=N1. The van der Waals surface area contributed by atoms with Crippen molar-refractivity contribution in [2.24, 2.45) is 16.5 Å². The number of nitrogens with zero attached hydrogens (tertiary/aromatic N) is 1. The average Bonchev–Trinajstić information content (AvgIpc) is 2.67. The predicted molar refractivity (Wildman–Crippen MR) is 105 cm³/mol. The number of nitrogens with two attached hydrogens (primary N) is 2. The lowest BCUT2D eigenvalue weighted by molar-refractivity contribution is -0.138. The van der Waals surface area contributed by atoms with Crippen LogP contribution in [-0.4, -0.2) is 32.6 Å². The molecule has 0 bridgehead atoms. The van der Waals surface area contributed by atoms with Gasteiger partial charge in [0.2, 0.25) is 0 Å². The molecule has 2 rings (SSSR count). The Morgan fingerprint density at radius 2 is 2.00 bits per heavy atom. The molecule has 1 heterocycles. The second-order valence-corrected chi connectivity index (χ2v) is 5.99. The molecular weight excluding hydrogens is 346 g/mol. The zero-order valence-corrected chi connectivity index (χ0v) is 16.2. The quantitative estimate of drug-likeness (QED) is 0.711. The minimum absolute atomic E-state index is 0.255. The molecule has 1 aliphatic heterocycles. The van der Waals surface area contributed by atoms with E-state index in [1.807, 2.05) is 13.0 Å². The van der Waals surface area contributed by atoms with Gasteiger partial charge < -0.3 is 25.7 Å². The second kappa shape index (κ2) is 9.12. The Morgan fingerprint density at radius 3 is 2.56 bits per heavy atom. The first-order valence-electron chi connectivity index (χ1n) is 8.90. The Balaban J connectivity index is 2.78. The number of ether oxygens (including phenoxy) is 3. The van der Waals surface area contributed by atoms with E-state index in [1.54, 1.807) is 33.3 Å². The molecule has 0 saturated heterocycles. The molecule has 146 valence electrons. The number of carbonyl (C=O) groups is 1. The molecule has 1 unspecified atom stereocenters. The fourth-order valence-electron chi connectivity index (χ4n) is 3.18. The van der Waals surface area contributed by atoms with Crippen LogP contribution in [0.1, 0.15) is 38.2 Å². The lowest BCUT2D eigenvalue weighted by Gasteiger charge is -2.29. The first-order chi connectivity index (χ1) is 13.0. The summed E-state index contributed by atoms with van der Waals surface area (Å²) in [6.07, 6.45) is 2.78. The van der Waals surface area contributed by atoms with Gasteiger partial charge in [-0.2, -0.15) is 0 Å². The molecule has 1 aromatic rings. The summed E-state index contributed by atoms with van der Waals surface area (Å²) in [6, 6.07) is 5.38. The lowest BCUT2D eigenvalue weighted by Crippen LogP contribution is -2.30. The fraction of sp³-hybridized carbons (Fsp3) is 0.400. The van der Waals surface area contributed by atoms with E-state index in [0.29, 0.717) is 40.3 Å². The maximum Gasteiger partial charge on any atom is 0.336 e. The van der Waals surface area contributed by atoms with Crippen molar-refractivity contribution in [2.75, 3.05) is 20.8 Å². The molecule has 0 aromatic heterocycles. The first-order valence-corrected chi connectivity index (χ1v) is 8.90. The van der Waals surface area contributed by atoms with Gasteiger partial charge >= 0.3 is 5.97 Å². The molecule has 0 amide bonds. The van der Waals surface area contributed by atoms with Crippen LogP contribution in [0.3, 0.4) is 0 Å². The van der Waals surface area contributed by atoms with Crippen molar-refractivity contribution in [1.29, 1.82) is 0 Å². The van der Waals surface area contributed by atoms with Crippen LogP contribution in [0.15, 0.2) is 46.2 Å². The summed E-state index contributed by atoms with van der Waals surface area (Å²) < 4.78 is 16.2. The maximum atomic E-state index is 12.9. The molecule has 0 radical (unpaired) electrons. The Kier molecular flexibility index (Phi) is 6.87. The number of hydrogen-bond acceptors (Lipinski definition) is 7. The number of hydrogen-bond donors (Lipinski definition) is 2. The number of rotatable bonds is 7. The molecule has 0 spiro atoms. The second-order valence-electron chi connectivity index (χ2n) is 5.99. The van der Waals surface area contributed by atoms with Gasteiger partial charge in [-0.25, -0.2) is 9.79 Å². The summed E-state index contributed by atoms with van der Waals surface area (Å²) >= 11 is 0. The van der Waals surface area contributed by atoms with Gasteiger partial charge in [0, 0.05) is 17.3 Å². The summed E-state index contributed by atoms with van der Waals surface area (Å²) in [4.78, 5) is 17.3. The number of methoxy groups -OCH3 is 2. The van der Waals surface area contributed by atoms with E-state index in [4.69, 9.17) is 25.7 Å². The highest BCUT2D eigenvalue weighted by Crippen LogP contribution is 2.43. The standard InChI is InChI=1S/C20H27N3O4/c1-5-7-15-18(20(24)27-6-2)17(14(11-21)19(22)23-15)13-10-12(25-3)8-9-16(13)26-4/h8-11,17H,5-7,21H2,1-4H3,(H2,22,23)/b14-11-. The van der Waals surface area contributed by atoms with E-state index in [9.17, 15) is 4.79 Å². The molecule has 0 aliphatic carbocycles. The zero-order chi connectivity index (χ0) is 20.0. The van der Waals surface area contributed by atoms with Gasteiger partial charge in [-0.3, -0.25) is 0 Å². The first kappa shape index (κ1) is 20.4. The number of allylic oxidation sites excluding steroid dienone is 1. The van der Waals surface area contributed by atoms with Crippen LogP contribution in [0.5, 0.6) is 11.5 Å². The molecule has 1 aromatic carbocycles. The van der Waals surface area contributed by atoms with Crippen molar-refractivity contribution in [3.63, 3.8) is 0 Å². The minimum atomic E-state index is -0.557. The number of benzene rings is 1. The number of aliphatic imine (C=N–C) groups is 1. The molecule has 27 heavy (non-hydrogen) atoms. The molecule has 0 saturated carbocycles. The third-order valence-corrected chi connectivity index (χ3v) is 4.37. The van der Waals surface area contributed by atoms with Crippen LogP contribution < -0.4 is 20.9 Å². The highest BCUT2D eigenvalue weighted by molar-refractivity contribution is 6.06. The smallest absolute Gasteiger partial charge is 0.336 e. The summed E-state index contributed by atoms with van der Waals surface area (Å²) in [7, 11) is 3.14. The van der Waals surface area contributed by atoms with Gasteiger partial charge in [0.1, 0.15) is 17.3 Å². The number of esters is 1. The van der Waals surface area contributed by atoms with Crippen molar-refractivity contribution < 1.29 is 19.0 Å². The van der Waals surface area contributed by atoms with Gasteiger partial charge in [-0.15, -0.1) is 0 Å². The summed E-state index contributed by atoms with van der Waals surface area (Å²) in [5.41, 5.74) is 14.3. The maximum absolute atomic E-state index is 12.9. The molecule has 1 aliphatic rings. The third-order valence-electron chi connectivity index (χ3n) is 4.37. The Labute approximate surface area is 159 Å². The van der Waals surface area contributed by atoms with Crippen molar-refractivity contribution in [2.45, 2.75) is 32.6 Å². The van der Waals surface area contributed by atoms with Gasteiger partial charge in [0.15, 0.2) is 0 Å². The van der Waals surface area contributed by atoms with Crippen LogP contribution in [0.25, 0.3) is 0 Å². The summed E-state index contributed by atoms with van der Waals surface area (Å²) in [6.45, 7) is 4.03. The molecule has 1 atom stereocenters. The average molecular weight is 373 g/mol. The van der Waals surface area contributed by atoms with Crippen molar-refractivity contribution >= 4 is 11.8 Å². The van der Waals surface area contributed by atoms with E-state index < -0.39 is 11.9 Å². The minimum Gasteiger partial charge on any atom is -0.497 e. The zero-order valence-electron chi connectivity index (χ0n) is 16.2.